The first kappa shape index (κ1) is 17.5. The van der Waals surface area contributed by atoms with Gasteiger partial charge in [-0.15, -0.1) is 0 Å². The summed E-state index contributed by atoms with van der Waals surface area (Å²) in [6, 6.07) is 16.2. The van der Waals surface area contributed by atoms with E-state index in [1.54, 1.807) is 48.8 Å². The molecule has 0 aliphatic rings. The zero-order chi connectivity index (χ0) is 17.6. The maximum absolute atomic E-state index is 12.6. The first-order chi connectivity index (χ1) is 12.1. The molecular weight excluding hydrogens is 404 g/mol. The van der Waals surface area contributed by atoms with Crippen molar-refractivity contribution in [3.8, 4) is 5.75 Å². The predicted molar refractivity (Wildman–Crippen MR) is 102 cm³/mol. The monoisotopic (exact) mass is 416 g/mol. The summed E-state index contributed by atoms with van der Waals surface area (Å²) in [5, 5.41) is 3.48. The van der Waals surface area contributed by atoms with Gasteiger partial charge in [0.2, 0.25) is 0 Å². The lowest BCUT2D eigenvalue weighted by Crippen LogP contribution is -2.14. The van der Waals surface area contributed by atoms with Gasteiger partial charge in [0.05, 0.1) is 17.4 Å². The number of ether oxygens (including phenoxy) is 1. The van der Waals surface area contributed by atoms with E-state index in [4.69, 9.17) is 16.3 Å². The number of hydrogen-bond acceptors (Lipinski definition) is 3. The quantitative estimate of drug-likeness (QED) is 0.610. The van der Waals surface area contributed by atoms with Crippen molar-refractivity contribution in [2.45, 2.75) is 6.61 Å². The van der Waals surface area contributed by atoms with Gasteiger partial charge in [0.15, 0.2) is 0 Å². The van der Waals surface area contributed by atoms with Gasteiger partial charge in [0.1, 0.15) is 12.4 Å². The van der Waals surface area contributed by atoms with Crippen molar-refractivity contribution in [1.82, 2.24) is 4.98 Å². The number of halogens is 2. The average Bonchev–Trinajstić information content (AvgIpc) is 2.63. The number of carbonyl (C=O) groups excluding carboxylic acids is 1. The maximum Gasteiger partial charge on any atom is 0.259 e. The maximum atomic E-state index is 12.6. The van der Waals surface area contributed by atoms with E-state index in [1.165, 1.54) is 0 Å². The van der Waals surface area contributed by atoms with Crippen LogP contribution in [0.5, 0.6) is 5.75 Å². The largest absolute Gasteiger partial charge is 0.488 e. The summed E-state index contributed by atoms with van der Waals surface area (Å²) < 4.78 is 6.63. The van der Waals surface area contributed by atoms with Gasteiger partial charge in [-0.1, -0.05) is 39.7 Å². The Balaban J connectivity index is 1.77. The molecule has 0 aliphatic carbocycles. The SMILES string of the molecule is O=C(Nc1cccnc1)c1cc(Br)ccc1OCc1ccc(Cl)cc1. The number of benzene rings is 2. The molecule has 0 aliphatic heterocycles. The minimum Gasteiger partial charge on any atom is -0.488 e. The molecule has 1 amide bonds. The number of pyridine rings is 1. The van der Waals surface area contributed by atoms with Crippen molar-refractivity contribution in [2.75, 3.05) is 5.32 Å². The number of nitrogens with zero attached hydrogens (tertiary/aromatic N) is 1. The second-order valence-corrected chi connectivity index (χ2v) is 6.60. The van der Waals surface area contributed by atoms with Crippen molar-refractivity contribution >= 4 is 39.1 Å². The third-order valence-corrected chi connectivity index (χ3v) is 4.16. The second-order valence-electron chi connectivity index (χ2n) is 5.25. The Bertz CT molecular complexity index is 870. The van der Waals surface area contributed by atoms with Gasteiger partial charge < -0.3 is 10.1 Å². The molecule has 25 heavy (non-hydrogen) atoms. The van der Waals surface area contributed by atoms with Crippen LogP contribution in [0.1, 0.15) is 15.9 Å². The molecule has 1 heterocycles. The fourth-order valence-corrected chi connectivity index (χ4v) is 2.67. The van der Waals surface area contributed by atoms with E-state index in [9.17, 15) is 4.79 Å². The van der Waals surface area contributed by atoms with Gasteiger partial charge in [0.25, 0.3) is 5.91 Å². The fraction of sp³-hybridized carbons (Fsp3) is 0.0526. The van der Waals surface area contributed by atoms with Crippen LogP contribution in [-0.2, 0) is 6.61 Å². The Hall–Kier alpha value is -2.37. The van der Waals surface area contributed by atoms with E-state index >= 15 is 0 Å². The van der Waals surface area contributed by atoms with E-state index in [-0.39, 0.29) is 5.91 Å². The fourth-order valence-electron chi connectivity index (χ4n) is 2.18. The van der Waals surface area contributed by atoms with Crippen LogP contribution in [0.2, 0.25) is 5.02 Å². The summed E-state index contributed by atoms with van der Waals surface area (Å²) in [5.74, 6) is 0.236. The molecule has 1 aromatic heterocycles. The van der Waals surface area contributed by atoms with Gasteiger partial charge in [-0.25, -0.2) is 0 Å². The lowest BCUT2D eigenvalue weighted by atomic mass is 10.2. The Labute approximate surface area is 158 Å². The van der Waals surface area contributed by atoms with E-state index in [1.807, 2.05) is 18.2 Å². The van der Waals surface area contributed by atoms with E-state index < -0.39 is 0 Å². The number of carbonyl (C=O) groups is 1. The second kappa shape index (κ2) is 8.14. The van der Waals surface area contributed by atoms with Gasteiger partial charge in [-0.05, 0) is 48.0 Å². The third kappa shape index (κ3) is 4.81. The highest BCUT2D eigenvalue weighted by Gasteiger charge is 2.14. The summed E-state index contributed by atoms with van der Waals surface area (Å²) >= 11 is 9.28. The molecule has 3 aromatic rings. The van der Waals surface area contributed by atoms with Crippen LogP contribution in [0.4, 0.5) is 5.69 Å². The number of anilines is 1. The van der Waals surface area contributed by atoms with Crippen molar-refractivity contribution < 1.29 is 9.53 Å². The molecule has 0 saturated carbocycles. The molecule has 0 saturated heterocycles. The molecular formula is C19H14BrClN2O2. The summed E-state index contributed by atoms with van der Waals surface area (Å²) in [4.78, 5) is 16.6. The normalized spacial score (nSPS) is 10.3. The highest BCUT2D eigenvalue weighted by atomic mass is 79.9. The minimum atomic E-state index is -0.264. The van der Waals surface area contributed by atoms with Crippen molar-refractivity contribution in [2.24, 2.45) is 0 Å². The standard InChI is InChI=1S/C19H14BrClN2O2/c20-14-5-8-18(25-12-13-3-6-15(21)7-4-13)17(10-14)19(24)23-16-2-1-9-22-11-16/h1-11H,12H2,(H,23,24). The first-order valence-electron chi connectivity index (χ1n) is 7.50. The van der Waals surface area contributed by atoms with Crippen LogP contribution < -0.4 is 10.1 Å². The molecule has 0 unspecified atom stereocenters. The highest BCUT2D eigenvalue weighted by molar-refractivity contribution is 9.10. The lowest BCUT2D eigenvalue weighted by molar-refractivity contribution is 0.102. The zero-order valence-electron chi connectivity index (χ0n) is 13.1. The predicted octanol–water partition coefficient (Wildman–Crippen LogP) is 5.33. The molecule has 3 rings (SSSR count). The molecule has 0 bridgehead atoms. The van der Waals surface area contributed by atoms with Gasteiger partial charge in [0, 0.05) is 15.7 Å². The Morgan fingerprint density at radius 2 is 1.96 bits per heavy atom. The van der Waals surface area contributed by atoms with Crippen LogP contribution >= 0.6 is 27.5 Å². The minimum absolute atomic E-state index is 0.264. The number of nitrogens with one attached hydrogen (secondary N) is 1. The average molecular weight is 418 g/mol. The molecule has 0 atom stereocenters. The van der Waals surface area contributed by atoms with Crippen molar-refractivity contribution in [3.05, 3.63) is 87.6 Å². The molecule has 6 heteroatoms. The summed E-state index contributed by atoms with van der Waals surface area (Å²) in [7, 11) is 0. The highest BCUT2D eigenvalue weighted by Crippen LogP contribution is 2.25. The Kier molecular flexibility index (Phi) is 5.68. The van der Waals surface area contributed by atoms with E-state index in [0.717, 1.165) is 10.0 Å². The van der Waals surface area contributed by atoms with E-state index in [0.29, 0.717) is 28.6 Å². The van der Waals surface area contributed by atoms with Crippen molar-refractivity contribution in [3.63, 3.8) is 0 Å². The smallest absolute Gasteiger partial charge is 0.259 e. The zero-order valence-corrected chi connectivity index (χ0v) is 15.4. The molecule has 2 aromatic carbocycles. The van der Waals surface area contributed by atoms with Gasteiger partial charge in [-0.2, -0.15) is 0 Å². The summed E-state index contributed by atoms with van der Waals surface area (Å²) in [5.41, 5.74) is 2.02. The van der Waals surface area contributed by atoms with Gasteiger partial charge in [-0.3, -0.25) is 9.78 Å². The van der Waals surface area contributed by atoms with E-state index in [2.05, 4.69) is 26.2 Å². The first-order valence-corrected chi connectivity index (χ1v) is 8.67. The van der Waals surface area contributed by atoms with Crippen LogP contribution in [0.25, 0.3) is 0 Å². The number of rotatable bonds is 5. The van der Waals surface area contributed by atoms with Crippen LogP contribution in [0.15, 0.2) is 71.5 Å². The van der Waals surface area contributed by atoms with Crippen LogP contribution in [0, 0.1) is 0 Å². The molecule has 4 nitrogen and oxygen atoms in total. The number of hydrogen-bond donors (Lipinski definition) is 1. The molecule has 0 spiro atoms. The van der Waals surface area contributed by atoms with Crippen molar-refractivity contribution in [1.29, 1.82) is 0 Å². The number of amides is 1. The molecule has 126 valence electrons. The Morgan fingerprint density at radius 1 is 1.16 bits per heavy atom. The van der Waals surface area contributed by atoms with Crippen LogP contribution in [-0.4, -0.2) is 10.9 Å². The molecule has 0 radical (unpaired) electrons. The number of aromatic nitrogens is 1. The summed E-state index contributed by atoms with van der Waals surface area (Å²) in [6.07, 6.45) is 3.24. The van der Waals surface area contributed by atoms with Gasteiger partial charge >= 0.3 is 0 Å². The Morgan fingerprint density at radius 3 is 2.68 bits per heavy atom. The van der Waals surface area contributed by atoms with Crippen LogP contribution in [0.3, 0.4) is 0 Å². The third-order valence-electron chi connectivity index (χ3n) is 3.41. The topological polar surface area (TPSA) is 51.2 Å². The lowest BCUT2D eigenvalue weighted by Gasteiger charge is -2.12. The molecule has 1 N–H and O–H groups in total. The molecule has 0 fully saturated rings. The summed E-state index contributed by atoms with van der Waals surface area (Å²) in [6.45, 7) is 0.339.